The van der Waals surface area contributed by atoms with E-state index >= 15 is 0 Å². The molecule has 1 fully saturated rings. The highest BCUT2D eigenvalue weighted by Gasteiger charge is 2.12. The van der Waals surface area contributed by atoms with Gasteiger partial charge in [-0.15, -0.1) is 0 Å². The number of hydrogen-bond donors (Lipinski definition) is 0. The maximum absolute atomic E-state index is 5.60. The monoisotopic (exact) mass is 206 g/mol. The van der Waals surface area contributed by atoms with Gasteiger partial charge < -0.3 is 9.64 Å². The number of morpholine rings is 1. The highest BCUT2D eigenvalue weighted by atomic mass is 35.5. The van der Waals surface area contributed by atoms with Gasteiger partial charge in [-0.1, -0.05) is 11.6 Å². The van der Waals surface area contributed by atoms with Crippen LogP contribution in [-0.4, -0.2) is 41.5 Å². The fraction of sp³-hybridized carbons (Fsp3) is 0.714. The number of halogens is 1. The average molecular weight is 207 g/mol. The van der Waals surface area contributed by atoms with E-state index in [2.05, 4.69) is 4.99 Å². The molecule has 3 nitrogen and oxygen atoms in total. The summed E-state index contributed by atoms with van der Waals surface area (Å²) >= 11 is 10.6. The first-order valence-electron chi connectivity index (χ1n) is 3.77. The third-order valence-corrected chi connectivity index (χ3v) is 1.97. The summed E-state index contributed by atoms with van der Waals surface area (Å²) in [5, 5.41) is 1.04. The van der Waals surface area contributed by atoms with Gasteiger partial charge in [-0.25, -0.2) is 4.99 Å². The smallest absolute Gasteiger partial charge is 0.196 e. The highest BCUT2D eigenvalue weighted by molar-refractivity contribution is 7.80. The van der Waals surface area contributed by atoms with Crippen LogP contribution in [0.4, 0.5) is 0 Å². The Morgan fingerprint density at radius 3 is 2.58 bits per heavy atom. The molecule has 12 heavy (non-hydrogen) atoms. The van der Waals surface area contributed by atoms with Crippen molar-refractivity contribution >= 4 is 34.1 Å². The maximum atomic E-state index is 5.60. The lowest BCUT2D eigenvalue weighted by Gasteiger charge is -2.26. The molecule has 0 aromatic rings. The molecule has 1 rings (SSSR count). The van der Waals surface area contributed by atoms with Gasteiger partial charge in [0.25, 0.3) is 0 Å². The van der Waals surface area contributed by atoms with E-state index in [0.717, 1.165) is 26.3 Å². The quantitative estimate of drug-likeness (QED) is 0.441. The van der Waals surface area contributed by atoms with Crippen LogP contribution in [0.15, 0.2) is 4.99 Å². The summed E-state index contributed by atoms with van der Waals surface area (Å²) in [4.78, 5) is 5.98. The molecule has 0 aromatic carbocycles. The Balaban J connectivity index is 2.45. The standard InChI is InChI=1S/C7H11ClN2OS/c1-6(8)9-7(12)10-2-4-11-5-3-10/h2-5H2,1H3/b9-6+. The molecule has 1 aliphatic rings. The summed E-state index contributed by atoms with van der Waals surface area (Å²) in [5.74, 6) is 0. The average Bonchev–Trinajstić information content (AvgIpc) is 2.05. The van der Waals surface area contributed by atoms with Crippen LogP contribution in [0.5, 0.6) is 0 Å². The van der Waals surface area contributed by atoms with Gasteiger partial charge >= 0.3 is 0 Å². The molecule has 0 aliphatic carbocycles. The van der Waals surface area contributed by atoms with Crippen molar-refractivity contribution in [2.24, 2.45) is 4.99 Å². The van der Waals surface area contributed by atoms with Crippen molar-refractivity contribution in [1.82, 2.24) is 4.90 Å². The van der Waals surface area contributed by atoms with Crippen LogP contribution in [0.1, 0.15) is 6.92 Å². The minimum absolute atomic E-state index is 0.478. The molecular weight excluding hydrogens is 196 g/mol. The van der Waals surface area contributed by atoms with E-state index in [9.17, 15) is 0 Å². The Morgan fingerprint density at radius 1 is 1.50 bits per heavy atom. The van der Waals surface area contributed by atoms with Crippen molar-refractivity contribution in [1.29, 1.82) is 0 Å². The molecule has 0 spiro atoms. The number of nitrogens with zero attached hydrogens (tertiary/aromatic N) is 2. The summed E-state index contributed by atoms with van der Waals surface area (Å²) in [6.45, 7) is 4.78. The van der Waals surface area contributed by atoms with E-state index in [-0.39, 0.29) is 0 Å². The van der Waals surface area contributed by atoms with E-state index in [1.54, 1.807) is 6.92 Å². The second-order valence-corrected chi connectivity index (χ2v) is 3.40. The van der Waals surface area contributed by atoms with Gasteiger partial charge in [0.1, 0.15) is 5.17 Å². The van der Waals surface area contributed by atoms with Crippen LogP contribution in [0.2, 0.25) is 0 Å². The summed E-state index contributed by atoms with van der Waals surface area (Å²) < 4.78 is 5.17. The topological polar surface area (TPSA) is 24.8 Å². The van der Waals surface area contributed by atoms with Crippen molar-refractivity contribution in [3.05, 3.63) is 0 Å². The number of aliphatic imine (C=N–C) groups is 1. The molecule has 0 aromatic heterocycles. The van der Waals surface area contributed by atoms with Crippen molar-refractivity contribution < 1.29 is 4.74 Å². The van der Waals surface area contributed by atoms with E-state index in [4.69, 9.17) is 28.6 Å². The Hall–Kier alpha value is -0.190. The second kappa shape index (κ2) is 4.74. The number of ether oxygens (including phenoxy) is 1. The van der Waals surface area contributed by atoms with Gasteiger partial charge in [0, 0.05) is 13.1 Å². The zero-order valence-corrected chi connectivity index (χ0v) is 8.49. The lowest BCUT2D eigenvalue weighted by atomic mass is 10.4. The van der Waals surface area contributed by atoms with Gasteiger partial charge in [-0.3, -0.25) is 0 Å². The Kier molecular flexibility index (Phi) is 3.91. The molecule has 0 N–H and O–H groups in total. The van der Waals surface area contributed by atoms with Crippen molar-refractivity contribution in [2.45, 2.75) is 6.92 Å². The number of thiocarbonyl (C=S) groups is 1. The van der Waals surface area contributed by atoms with Crippen molar-refractivity contribution in [3.8, 4) is 0 Å². The first-order chi connectivity index (χ1) is 5.70. The Morgan fingerprint density at radius 2 is 2.08 bits per heavy atom. The molecule has 1 saturated heterocycles. The predicted octanol–water partition coefficient (Wildman–Crippen LogP) is 1.26. The second-order valence-electron chi connectivity index (χ2n) is 2.49. The number of hydrogen-bond acceptors (Lipinski definition) is 2. The molecule has 0 radical (unpaired) electrons. The van der Waals surface area contributed by atoms with E-state index in [1.807, 2.05) is 4.90 Å². The van der Waals surface area contributed by atoms with Gasteiger partial charge in [-0.05, 0) is 19.1 Å². The maximum Gasteiger partial charge on any atom is 0.196 e. The zero-order chi connectivity index (χ0) is 8.97. The summed E-state index contributed by atoms with van der Waals surface area (Å²) in [5.41, 5.74) is 0. The molecule has 0 bridgehead atoms. The fourth-order valence-corrected chi connectivity index (χ4v) is 1.41. The van der Waals surface area contributed by atoms with Gasteiger partial charge in [-0.2, -0.15) is 0 Å². The van der Waals surface area contributed by atoms with Crippen LogP contribution < -0.4 is 0 Å². The lowest BCUT2D eigenvalue weighted by molar-refractivity contribution is 0.0686. The molecular formula is C7H11ClN2OS. The Labute approximate surface area is 82.4 Å². The normalized spacial score (nSPS) is 19.5. The predicted molar refractivity (Wildman–Crippen MR) is 54.0 cm³/mol. The molecule has 1 aliphatic heterocycles. The van der Waals surface area contributed by atoms with E-state index < -0.39 is 0 Å². The molecule has 0 amide bonds. The van der Waals surface area contributed by atoms with Crippen LogP contribution in [0.25, 0.3) is 0 Å². The van der Waals surface area contributed by atoms with Gasteiger partial charge in [0.15, 0.2) is 5.11 Å². The summed E-state index contributed by atoms with van der Waals surface area (Å²) in [7, 11) is 0. The third kappa shape index (κ3) is 3.05. The first kappa shape index (κ1) is 9.89. The minimum atomic E-state index is 0.478. The van der Waals surface area contributed by atoms with Crippen LogP contribution in [0.3, 0.4) is 0 Å². The van der Waals surface area contributed by atoms with Gasteiger partial charge in [0.05, 0.1) is 13.2 Å². The van der Waals surface area contributed by atoms with Crippen LogP contribution in [-0.2, 0) is 4.74 Å². The Bertz CT molecular complexity index is 198. The summed E-state index contributed by atoms with van der Waals surface area (Å²) in [6.07, 6.45) is 0. The minimum Gasteiger partial charge on any atom is -0.378 e. The highest BCUT2D eigenvalue weighted by Crippen LogP contribution is 2.01. The van der Waals surface area contributed by atoms with E-state index in [0.29, 0.717) is 10.3 Å². The fourth-order valence-electron chi connectivity index (χ4n) is 0.957. The third-order valence-electron chi connectivity index (χ3n) is 1.53. The molecule has 0 saturated carbocycles. The van der Waals surface area contributed by atoms with Crippen LogP contribution >= 0.6 is 23.8 Å². The number of rotatable bonds is 0. The largest absolute Gasteiger partial charge is 0.378 e. The molecule has 68 valence electrons. The summed E-state index contributed by atoms with van der Waals surface area (Å²) in [6, 6.07) is 0. The van der Waals surface area contributed by atoms with Gasteiger partial charge in [0.2, 0.25) is 0 Å². The van der Waals surface area contributed by atoms with Crippen LogP contribution in [0, 0.1) is 0 Å². The SMILES string of the molecule is C/C(Cl)=N\C(=S)N1CCOCC1. The molecule has 0 unspecified atom stereocenters. The van der Waals surface area contributed by atoms with Crippen molar-refractivity contribution in [3.63, 3.8) is 0 Å². The van der Waals surface area contributed by atoms with Crippen molar-refractivity contribution in [2.75, 3.05) is 26.3 Å². The van der Waals surface area contributed by atoms with E-state index in [1.165, 1.54) is 0 Å². The molecule has 1 heterocycles. The molecule has 0 atom stereocenters. The zero-order valence-electron chi connectivity index (χ0n) is 6.92. The first-order valence-corrected chi connectivity index (χ1v) is 4.56. The lowest BCUT2D eigenvalue weighted by Crippen LogP contribution is -2.39. The molecule has 5 heteroatoms.